The van der Waals surface area contributed by atoms with Crippen molar-refractivity contribution in [2.45, 2.75) is 0 Å². The first kappa shape index (κ1) is 20.5. The molecule has 6 heteroatoms. The average molecular weight is 380 g/mol. The molecule has 0 aliphatic carbocycles. The number of benzene rings is 3. The largest absolute Gasteiger partial charge is 0.457 e. The third kappa shape index (κ3) is 8.53. The van der Waals surface area contributed by atoms with Crippen LogP contribution in [0.5, 0.6) is 11.5 Å². The monoisotopic (exact) mass is 380 g/mol. The molecule has 28 heavy (non-hydrogen) atoms. The highest BCUT2D eigenvalue weighted by Gasteiger charge is 2.17. The SMILES string of the molecule is O=C(OCOc1ccccc1)C(=O)OCOc1ccccc1.c1ccccc1. The van der Waals surface area contributed by atoms with Gasteiger partial charge in [0.05, 0.1) is 0 Å². The molecule has 0 N–H and O–H groups in total. The molecule has 0 saturated heterocycles. The van der Waals surface area contributed by atoms with E-state index in [1.54, 1.807) is 48.5 Å². The van der Waals surface area contributed by atoms with Crippen molar-refractivity contribution in [1.29, 1.82) is 0 Å². The number of carbonyl (C=O) groups is 2. The highest BCUT2D eigenvalue weighted by molar-refractivity contribution is 6.29. The van der Waals surface area contributed by atoms with Gasteiger partial charge in [0, 0.05) is 0 Å². The molecule has 0 heterocycles. The Balaban J connectivity index is 0.000000397. The van der Waals surface area contributed by atoms with Gasteiger partial charge in [-0.2, -0.15) is 0 Å². The van der Waals surface area contributed by atoms with E-state index in [2.05, 4.69) is 9.47 Å². The predicted molar refractivity (Wildman–Crippen MR) is 103 cm³/mol. The van der Waals surface area contributed by atoms with Crippen LogP contribution in [-0.4, -0.2) is 25.5 Å². The summed E-state index contributed by atoms with van der Waals surface area (Å²) in [7, 11) is 0. The fourth-order valence-corrected chi connectivity index (χ4v) is 1.84. The molecule has 3 rings (SSSR count). The third-order valence-electron chi connectivity index (χ3n) is 3.15. The maximum Gasteiger partial charge on any atom is 0.420 e. The number of carbonyl (C=O) groups excluding carboxylic acids is 2. The second-order valence-corrected chi connectivity index (χ2v) is 5.17. The predicted octanol–water partition coefficient (Wildman–Crippen LogP) is 3.83. The van der Waals surface area contributed by atoms with Gasteiger partial charge in [0.15, 0.2) is 0 Å². The van der Waals surface area contributed by atoms with Crippen molar-refractivity contribution < 1.29 is 28.5 Å². The molecule has 3 aromatic carbocycles. The second kappa shape index (κ2) is 12.5. The number of hydrogen-bond acceptors (Lipinski definition) is 6. The normalized spacial score (nSPS) is 9.29. The molecule has 0 aliphatic rings. The summed E-state index contributed by atoms with van der Waals surface area (Å²) in [5.41, 5.74) is 0. The van der Waals surface area contributed by atoms with Gasteiger partial charge in [-0.15, -0.1) is 0 Å². The Hall–Kier alpha value is -3.80. The Labute approximate surface area is 163 Å². The van der Waals surface area contributed by atoms with Gasteiger partial charge in [-0.1, -0.05) is 72.8 Å². The van der Waals surface area contributed by atoms with E-state index in [0.29, 0.717) is 11.5 Å². The molecule has 6 nitrogen and oxygen atoms in total. The minimum atomic E-state index is -1.15. The van der Waals surface area contributed by atoms with Gasteiger partial charge in [-0.05, 0) is 24.3 Å². The topological polar surface area (TPSA) is 71.1 Å². The van der Waals surface area contributed by atoms with Crippen LogP contribution >= 0.6 is 0 Å². The Bertz CT molecular complexity index is 724. The maximum atomic E-state index is 11.3. The van der Waals surface area contributed by atoms with Crippen LogP contribution in [0.2, 0.25) is 0 Å². The van der Waals surface area contributed by atoms with Crippen molar-refractivity contribution in [3.8, 4) is 11.5 Å². The molecular weight excluding hydrogens is 360 g/mol. The molecule has 3 aromatic rings. The van der Waals surface area contributed by atoms with Gasteiger partial charge in [0.25, 0.3) is 0 Å². The zero-order chi connectivity index (χ0) is 19.9. The maximum absolute atomic E-state index is 11.3. The van der Waals surface area contributed by atoms with Gasteiger partial charge < -0.3 is 18.9 Å². The molecule has 0 aliphatic heterocycles. The second-order valence-electron chi connectivity index (χ2n) is 5.17. The van der Waals surface area contributed by atoms with Gasteiger partial charge in [0.1, 0.15) is 11.5 Å². The highest BCUT2D eigenvalue weighted by atomic mass is 16.7. The van der Waals surface area contributed by atoms with Gasteiger partial charge in [-0.3, -0.25) is 0 Å². The standard InChI is InChI=1S/C16H14O6.C6H6/c17-15(21-11-19-13-7-3-1-4-8-13)16(18)22-12-20-14-9-5-2-6-10-14;1-2-4-6-5-3-1/h1-10H,11-12H2;1-6H. The van der Waals surface area contributed by atoms with Crippen molar-refractivity contribution in [2.24, 2.45) is 0 Å². The Morgan fingerprint density at radius 3 is 1.11 bits per heavy atom. The Morgan fingerprint density at radius 1 is 0.500 bits per heavy atom. The molecule has 144 valence electrons. The average Bonchev–Trinajstić information content (AvgIpc) is 2.77. The number of ether oxygens (including phenoxy) is 4. The van der Waals surface area contributed by atoms with Crippen molar-refractivity contribution in [3.05, 3.63) is 97.1 Å². The molecule has 0 unspecified atom stereocenters. The van der Waals surface area contributed by atoms with E-state index in [9.17, 15) is 9.59 Å². The van der Waals surface area contributed by atoms with E-state index < -0.39 is 11.9 Å². The van der Waals surface area contributed by atoms with E-state index in [1.807, 2.05) is 48.5 Å². The summed E-state index contributed by atoms with van der Waals surface area (Å²) >= 11 is 0. The molecule has 0 radical (unpaired) electrons. The molecule has 0 atom stereocenters. The Morgan fingerprint density at radius 2 is 0.786 bits per heavy atom. The van der Waals surface area contributed by atoms with Crippen LogP contribution in [0.15, 0.2) is 97.1 Å². The lowest BCUT2D eigenvalue weighted by Gasteiger charge is -2.08. The summed E-state index contributed by atoms with van der Waals surface area (Å²) in [5.74, 6) is -1.24. The van der Waals surface area contributed by atoms with E-state index in [4.69, 9.17) is 9.47 Å². The van der Waals surface area contributed by atoms with Crippen LogP contribution in [-0.2, 0) is 19.1 Å². The molecular formula is C22H20O6. The number of hydrogen-bond donors (Lipinski definition) is 0. The lowest BCUT2D eigenvalue weighted by atomic mass is 10.3. The first-order chi connectivity index (χ1) is 13.8. The zero-order valence-electron chi connectivity index (χ0n) is 15.1. The third-order valence-corrected chi connectivity index (χ3v) is 3.15. The van der Waals surface area contributed by atoms with Crippen molar-refractivity contribution >= 4 is 11.9 Å². The van der Waals surface area contributed by atoms with Crippen molar-refractivity contribution in [1.82, 2.24) is 0 Å². The van der Waals surface area contributed by atoms with Crippen LogP contribution < -0.4 is 9.47 Å². The van der Waals surface area contributed by atoms with Crippen LogP contribution in [0.1, 0.15) is 0 Å². The van der Waals surface area contributed by atoms with Gasteiger partial charge >= 0.3 is 11.9 Å². The number of esters is 2. The summed E-state index contributed by atoms with van der Waals surface area (Å²) in [6.45, 7) is -0.755. The summed E-state index contributed by atoms with van der Waals surface area (Å²) in [6.07, 6.45) is 0. The molecule has 0 aromatic heterocycles. The van der Waals surface area contributed by atoms with E-state index in [0.717, 1.165) is 0 Å². The summed E-state index contributed by atoms with van der Waals surface area (Å²) in [4.78, 5) is 22.7. The van der Waals surface area contributed by atoms with Crippen LogP contribution in [0.25, 0.3) is 0 Å². The molecule has 0 bridgehead atoms. The van der Waals surface area contributed by atoms with Crippen molar-refractivity contribution in [3.63, 3.8) is 0 Å². The number of rotatable bonds is 6. The first-order valence-corrected chi connectivity index (χ1v) is 8.45. The highest BCUT2D eigenvalue weighted by Crippen LogP contribution is 2.09. The smallest absolute Gasteiger partial charge is 0.420 e. The number of para-hydroxylation sites is 2. The quantitative estimate of drug-likeness (QED) is 0.368. The van der Waals surface area contributed by atoms with Gasteiger partial charge in [0.2, 0.25) is 13.6 Å². The fourth-order valence-electron chi connectivity index (χ4n) is 1.84. The molecule has 0 spiro atoms. The Kier molecular flexibility index (Phi) is 9.18. The van der Waals surface area contributed by atoms with Crippen LogP contribution in [0, 0.1) is 0 Å². The molecule has 0 saturated carbocycles. The lowest BCUT2D eigenvalue weighted by Crippen LogP contribution is -2.24. The minimum absolute atomic E-state index is 0.377. The van der Waals surface area contributed by atoms with E-state index in [1.165, 1.54) is 0 Å². The minimum Gasteiger partial charge on any atom is -0.457 e. The lowest BCUT2D eigenvalue weighted by molar-refractivity contribution is -0.175. The van der Waals surface area contributed by atoms with E-state index in [-0.39, 0.29) is 13.6 Å². The van der Waals surface area contributed by atoms with E-state index >= 15 is 0 Å². The summed E-state index contributed by atoms with van der Waals surface area (Å²) in [5, 5.41) is 0. The summed E-state index contributed by atoms with van der Waals surface area (Å²) in [6, 6.07) is 29.5. The van der Waals surface area contributed by atoms with Crippen LogP contribution in [0.3, 0.4) is 0 Å². The first-order valence-electron chi connectivity index (χ1n) is 8.45. The van der Waals surface area contributed by atoms with Crippen molar-refractivity contribution in [2.75, 3.05) is 13.6 Å². The van der Waals surface area contributed by atoms with Crippen LogP contribution in [0.4, 0.5) is 0 Å². The summed E-state index contributed by atoms with van der Waals surface area (Å²) < 4.78 is 19.5. The molecule has 0 fully saturated rings. The molecule has 0 amide bonds. The van der Waals surface area contributed by atoms with Gasteiger partial charge in [-0.25, -0.2) is 9.59 Å². The zero-order valence-corrected chi connectivity index (χ0v) is 15.1. The fraction of sp³-hybridized carbons (Fsp3) is 0.0909.